The van der Waals surface area contributed by atoms with Gasteiger partial charge in [0, 0.05) is 47.3 Å². The molecule has 5 aromatic carbocycles. The van der Waals surface area contributed by atoms with Crippen LogP contribution in [0, 0.1) is 23.7 Å². The predicted molar refractivity (Wildman–Crippen MR) is 167 cm³/mol. The first-order chi connectivity index (χ1) is 21.9. The van der Waals surface area contributed by atoms with Gasteiger partial charge in [0.2, 0.25) is 0 Å². The summed E-state index contributed by atoms with van der Waals surface area (Å²) in [5.74, 6) is 3.63. The van der Waals surface area contributed by atoms with Crippen molar-refractivity contribution < 1.29 is 9.47 Å². The third-order valence-corrected chi connectivity index (χ3v) is 13.6. The van der Waals surface area contributed by atoms with Gasteiger partial charge in [0.15, 0.2) is 0 Å². The fraction of sp³-hybridized carbons (Fsp3) is 0.286. The van der Waals surface area contributed by atoms with E-state index in [0.717, 1.165) is 0 Å². The van der Waals surface area contributed by atoms with Crippen molar-refractivity contribution >= 4 is 0 Å². The van der Waals surface area contributed by atoms with Crippen LogP contribution in [0.5, 0.6) is 0 Å². The van der Waals surface area contributed by atoms with Crippen LogP contribution in [0.3, 0.4) is 0 Å². The first kappa shape index (κ1) is 22.5. The number of benzene rings is 5. The molecule has 2 saturated heterocycles. The van der Waals surface area contributed by atoms with E-state index in [0.29, 0.717) is 47.3 Å². The van der Waals surface area contributed by atoms with Crippen LogP contribution in [-0.4, -0.2) is 0 Å². The zero-order valence-electron chi connectivity index (χ0n) is 24.1. The molecule has 210 valence electrons. The van der Waals surface area contributed by atoms with Gasteiger partial charge in [0.05, 0.1) is 24.4 Å². The first-order valence-electron chi connectivity index (χ1n) is 16.7. The minimum Gasteiger partial charge on any atom is -0.365 e. The highest BCUT2D eigenvalue weighted by molar-refractivity contribution is 5.63. The van der Waals surface area contributed by atoms with Crippen molar-refractivity contribution in [2.24, 2.45) is 23.7 Å². The van der Waals surface area contributed by atoms with Crippen LogP contribution in [0.1, 0.15) is 115 Å². The Bertz CT molecular complexity index is 1750. The summed E-state index contributed by atoms with van der Waals surface area (Å²) in [7, 11) is 0. The second-order valence-electron chi connectivity index (χ2n) is 14.8. The maximum absolute atomic E-state index is 7.14. The van der Waals surface area contributed by atoms with E-state index in [9.17, 15) is 0 Å². The summed E-state index contributed by atoms with van der Waals surface area (Å²) in [6.07, 6.45) is 0.662. The molecule has 2 fully saturated rings. The molecule has 6 aliphatic carbocycles. The molecule has 0 spiro atoms. The van der Waals surface area contributed by atoms with Gasteiger partial charge >= 0.3 is 0 Å². The normalized spacial score (nSPS) is 38.7. The van der Waals surface area contributed by atoms with Crippen molar-refractivity contribution in [3.05, 3.63) is 176 Å². The number of rotatable bonds is 0. The van der Waals surface area contributed by atoms with Crippen molar-refractivity contribution in [2.45, 2.75) is 48.1 Å². The zero-order chi connectivity index (χ0) is 28.0. The summed E-state index contributed by atoms with van der Waals surface area (Å²) in [5, 5.41) is 0. The van der Waals surface area contributed by atoms with Gasteiger partial charge < -0.3 is 9.47 Å². The van der Waals surface area contributed by atoms with Crippen molar-refractivity contribution in [1.82, 2.24) is 0 Å². The molecule has 15 rings (SSSR count). The minimum atomic E-state index is 0.165. The van der Waals surface area contributed by atoms with E-state index < -0.39 is 0 Å². The predicted octanol–water partition coefficient (Wildman–Crippen LogP) is 8.99. The molecule has 44 heavy (non-hydrogen) atoms. The fourth-order valence-corrected chi connectivity index (χ4v) is 12.5. The molecule has 2 heteroatoms. The average molecular weight is 567 g/mol. The van der Waals surface area contributed by atoms with Crippen molar-refractivity contribution in [2.75, 3.05) is 0 Å². The lowest BCUT2D eigenvalue weighted by molar-refractivity contribution is 0.0494. The Balaban J connectivity index is 0.979. The quantitative estimate of drug-likeness (QED) is 0.186. The van der Waals surface area contributed by atoms with Crippen molar-refractivity contribution in [3.8, 4) is 0 Å². The van der Waals surface area contributed by atoms with E-state index >= 15 is 0 Å². The second-order valence-corrected chi connectivity index (χ2v) is 14.8. The van der Waals surface area contributed by atoms with Crippen LogP contribution in [0.4, 0.5) is 0 Å². The molecule has 4 heterocycles. The molecule has 0 radical (unpaired) electrons. The summed E-state index contributed by atoms with van der Waals surface area (Å²) in [5.41, 5.74) is 18.2. The van der Waals surface area contributed by atoms with Crippen LogP contribution in [0.2, 0.25) is 0 Å². The molecule has 8 atom stereocenters. The molecule has 0 aromatic heterocycles. The first-order valence-corrected chi connectivity index (χ1v) is 16.7. The van der Waals surface area contributed by atoms with Gasteiger partial charge in [-0.1, -0.05) is 97.1 Å². The number of hydrogen-bond acceptors (Lipinski definition) is 2. The average Bonchev–Trinajstić information content (AvgIpc) is 3.86. The Morgan fingerprint density at radius 1 is 0.273 bits per heavy atom. The molecule has 4 aliphatic heterocycles. The summed E-state index contributed by atoms with van der Waals surface area (Å²) < 4.78 is 14.3. The Kier molecular flexibility index (Phi) is 3.73. The van der Waals surface area contributed by atoms with Gasteiger partial charge in [-0.3, -0.25) is 0 Å². The van der Waals surface area contributed by atoms with E-state index in [4.69, 9.17) is 9.47 Å². The molecular weight excluding hydrogens is 536 g/mol. The molecule has 5 aromatic rings. The molecule has 0 unspecified atom stereocenters. The topological polar surface area (TPSA) is 18.5 Å². The van der Waals surface area contributed by atoms with Gasteiger partial charge in [-0.05, 0) is 78.9 Å². The molecule has 2 nitrogen and oxygen atoms in total. The van der Waals surface area contributed by atoms with Crippen molar-refractivity contribution in [1.29, 1.82) is 0 Å². The molecule has 0 N–H and O–H groups in total. The van der Waals surface area contributed by atoms with Crippen LogP contribution >= 0.6 is 0 Å². The van der Waals surface area contributed by atoms with E-state index in [-0.39, 0.29) is 24.4 Å². The van der Waals surface area contributed by atoms with E-state index in [1.165, 1.54) is 66.8 Å². The molecule has 10 aliphatic rings. The lowest BCUT2D eigenvalue weighted by Crippen LogP contribution is -2.43. The van der Waals surface area contributed by atoms with E-state index in [1.807, 2.05) is 0 Å². The molecular formula is C42H30O2. The number of fused-ring (bicyclic) bond motifs is 10. The van der Waals surface area contributed by atoms with Gasteiger partial charge in [0.1, 0.15) is 0 Å². The van der Waals surface area contributed by atoms with Crippen LogP contribution in [-0.2, 0) is 9.47 Å². The third kappa shape index (κ3) is 2.25. The SMILES string of the molecule is c1ccc2c(c1)C1c3ccccc3C2[C@H]2[C@@H]1[C@@H]1O[C@@H]2c2cc3c(cc21)[C@@H]1O[C@@H]3[C@@H]2C3c4ccccc4C(c4ccccc43)[C@@H]21. The second kappa shape index (κ2) is 7.28. The van der Waals surface area contributed by atoms with E-state index in [1.54, 1.807) is 0 Å². The monoisotopic (exact) mass is 566 g/mol. The van der Waals surface area contributed by atoms with Gasteiger partial charge in [0.25, 0.3) is 0 Å². The van der Waals surface area contributed by atoms with Gasteiger partial charge in [-0.15, -0.1) is 0 Å². The number of ether oxygens (including phenoxy) is 2. The fourth-order valence-electron chi connectivity index (χ4n) is 12.5. The van der Waals surface area contributed by atoms with Crippen LogP contribution < -0.4 is 0 Å². The van der Waals surface area contributed by atoms with Gasteiger partial charge in [-0.2, -0.15) is 0 Å². The highest BCUT2D eigenvalue weighted by Gasteiger charge is 2.66. The lowest BCUT2D eigenvalue weighted by Gasteiger charge is -2.52. The summed E-state index contributed by atoms with van der Waals surface area (Å²) in [6.45, 7) is 0. The maximum atomic E-state index is 7.14. The Hall–Kier alpha value is -3.98. The minimum absolute atomic E-state index is 0.165. The van der Waals surface area contributed by atoms with Crippen molar-refractivity contribution in [3.63, 3.8) is 0 Å². The summed E-state index contributed by atoms with van der Waals surface area (Å²) in [6, 6.07) is 42.3. The third-order valence-electron chi connectivity index (χ3n) is 13.6. The molecule has 8 bridgehead atoms. The smallest absolute Gasteiger partial charge is 0.0878 e. The summed E-state index contributed by atoms with van der Waals surface area (Å²) in [4.78, 5) is 0. The highest BCUT2D eigenvalue weighted by atomic mass is 16.5. The maximum Gasteiger partial charge on any atom is 0.0878 e. The molecule has 0 saturated carbocycles. The highest BCUT2D eigenvalue weighted by Crippen LogP contribution is 2.75. The van der Waals surface area contributed by atoms with Crippen LogP contribution in [0.15, 0.2) is 109 Å². The summed E-state index contributed by atoms with van der Waals surface area (Å²) >= 11 is 0. The standard InChI is InChI=1S/C42H30O2/c1-2-10-20-19(9-1)31-21-11-3-4-12-22(21)32(20)36-35(31)39-27-17-29-30(18-28(27)40(36)43-39)42-38-34-25-15-7-5-13-23(25)33(37(38)41(29)44-42)24-14-6-8-16-26(24)34/h1-18,31-42H/t31?,32?,33?,34?,35-,36+,37+,38-,39-,40-,41+,42+. The van der Waals surface area contributed by atoms with E-state index in [2.05, 4.69) is 109 Å². The largest absolute Gasteiger partial charge is 0.365 e. The Labute approximate surface area is 256 Å². The van der Waals surface area contributed by atoms with Gasteiger partial charge in [-0.25, -0.2) is 0 Å². The zero-order valence-corrected chi connectivity index (χ0v) is 24.1. The lowest BCUT2D eigenvalue weighted by atomic mass is 9.49. The van der Waals surface area contributed by atoms with Crippen LogP contribution in [0.25, 0.3) is 0 Å². The Morgan fingerprint density at radius 3 is 0.682 bits per heavy atom. The molecule has 0 amide bonds. The Morgan fingerprint density at radius 2 is 0.477 bits per heavy atom. The number of hydrogen-bond donors (Lipinski definition) is 0.